The number of benzene rings is 2. The van der Waals surface area contributed by atoms with Crippen molar-refractivity contribution in [2.24, 2.45) is 5.92 Å². The number of rotatable bonds is 7. The van der Waals surface area contributed by atoms with Crippen molar-refractivity contribution < 1.29 is 19.0 Å². The molecule has 6 nitrogen and oxygen atoms in total. The Morgan fingerprint density at radius 2 is 1.97 bits per heavy atom. The van der Waals surface area contributed by atoms with Gasteiger partial charge in [0.1, 0.15) is 5.75 Å². The minimum atomic E-state index is -0.102. The number of piperidine rings is 1. The van der Waals surface area contributed by atoms with Crippen molar-refractivity contribution in [1.29, 1.82) is 0 Å². The number of hydrogen-bond donors (Lipinski definition) is 1. The van der Waals surface area contributed by atoms with Gasteiger partial charge in [0.15, 0.2) is 18.1 Å². The van der Waals surface area contributed by atoms with Crippen molar-refractivity contribution in [3.8, 4) is 28.4 Å². The highest BCUT2D eigenvalue weighted by atomic mass is 16.7. The first-order valence-corrected chi connectivity index (χ1v) is 10.8. The van der Waals surface area contributed by atoms with Gasteiger partial charge in [-0.25, -0.2) is 0 Å². The van der Waals surface area contributed by atoms with Crippen LogP contribution in [0.4, 0.5) is 0 Å². The molecule has 2 aliphatic heterocycles. The van der Waals surface area contributed by atoms with Crippen molar-refractivity contribution in [2.45, 2.75) is 33.2 Å². The van der Waals surface area contributed by atoms with Gasteiger partial charge in [-0.2, -0.15) is 0 Å². The summed E-state index contributed by atoms with van der Waals surface area (Å²) in [7, 11) is 0. The van der Waals surface area contributed by atoms with E-state index in [1.807, 2.05) is 37.3 Å². The third kappa shape index (κ3) is 4.87. The minimum Gasteiger partial charge on any atom is -0.483 e. The Kier molecular flexibility index (Phi) is 6.43. The van der Waals surface area contributed by atoms with Crippen molar-refractivity contribution >= 4 is 5.91 Å². The average Bonchev–Trinajstić information content (AvgIpc) is 3.21. The Labute approximate surface area is 178 Å². The summed E-state index contributed by atoms with van der Waals surface area (Å²) in [4.78, 5) is 14.4. The van der Waals surface area contributed by atoms with Crippen LogP contribution in [0.2, 0.25) is 0 Å². The maximum absolute atomic E-state index is 11.9. The third-order valence-electron chi connectivity index (χ3n) is 5.63. The lowest BCUT2D eigenvalue weighted by atomic mass is 9.98. The summed E-state index contributed by atoms with van der Waals surface area (Å²) in [6.45, 7) is 8.10. The van der Waals surface area contributed by atoms with Crippen molar-refractivity contribution in [2.75, 3.05) is 33.0 Å². The highest BCUT2D eigenvalue weighted by Gasteiger charge is 2.19. The summed E-state index contributed by atoms with van der Waals surface area (Å²) >= 11 is 0. The second kappa shape index (κ2) is 9.39. The third-order valence-corrected chi connectivity index (χ3v) is 5.63. The van der Waals surface area contributed by atoms with E-state index in [4.69, 9.17) is 14.2 Å². The second-order valence-electron chi connectivity index (χ2n) is 8.12. The number of carbonyl (C=O) groups is 1. The van der Waals surface area contributed by atoms with Crippen LogP contribution in [0, 0.1) is 5.92 Å². The number of likely N-dealkylation sites (tertiary alicyclic amines) is 1. The van der Waals surface area contributed by atoms with E-state index in [9.17, 15) is 4.79 Å². The smallest absolute Gasteiger partial charge is 0.257 e. The van der Waals surface area contributed by atoms with Crippen molar-refractivity contribution in [3.63, 3.8) is 0 Å². The van der Waals surface area contributed by atoms with E-state index >= 15 is 0 Å². The molecule has 0 spiro atoms. The summed E-state index contributed by atoms with van der Waals surface area (Å²) in [6.07, 6.45) is 2.51. The van der Waals surface area contributed by atoms with Crippen LogP contribution in [-0.2, 0) is 11.3 Å². The maximum Gasteiger partial charge on any atom is 0.257 e. The predicted octanol–water partition coefficient (Wildman–Crippen LogP) is 3.83. The molecular formula is C24H30N2O4. The molecule has 4 rings (SSSR count). The first-order chi connectivity index (χ1) is 14.6. The molecule has 2 aromatic carbocycles. The number of nitrogens with one attached hydrogen (secondary N) is 1. The number of ether oxygens (including phenoxy) is 3. The number of nitrogens with zero attached hydrogens (tertiary/aromatic N) is 1. The van der Waals surface area contributed by atoms with Gasteiger partial charge in [-0.05, 0) is 67.6 Å². The zero-order valence-electron chi connectivity index (χ0n) is 17.8. The number of amides is 1. The standard InChI is InChI=1S/C24H30N2O4/c1-3-25-24(27)15-28-21-8-6-18(19-7-9-22-23(12-19)30-16-29-22)11-20(21)14-26-10-4-5-17(2)13-26/h6-9,11-12,17H,3-5,10,13-16H2,1-2H3,(H,25,27). The summed E-state index contributed by atoms with van der Waals surface area (Å²) in [5.41, 5.74) is 3.27. The van der Waals surface area contributed by atoms with Crippen LogP contribution in [0.1, 0.15) is 32.3 Å². The summed E-state index contributed by atoms with van der Waals surface area (Å²) in [5.74, 6) is 2.92. The fourth-order valence-corrected chi connectivity index (χ4v) is 4.16. The van der Waals surface area contributed by atoms with E-state index in [0.29, 0.717) is 12.5 Å². The van der Waals surface area contributed by atoms with E-state index < -0.39 is 0 Å². The first-order valence-electron chi connectivity index (χ1n) is 10.8. The Bertz CT molecular complexity index is 899. The van der Waals surface area contributed by atoms with Crippen LogP contribution in [0.5, 0.6) is 17.2 Å². The van der Waals surface area contributed by atoms with Gasteiger partial charge in [-0.15, -0.1) is 0 Å². The topological polar surface area (TPSA) is 60.0 Å². The van der Waals surface area contributed by atoms with Crippen LogP contribution >= 0.6 is 0 Å². The fraction of sp³-hybridized carbons (Fsp3) is 0.458. The van der Waals surface area contributed by atoms with E-state index in [-0.39, 0.29) is 19.3 Å². The Balaban J connectivity index is 1.58. The molecule has 2 aliphatic rings. The molecule has 1 fully saturated rings. The lowest BCUT2D eigenvalue weighted by Crippen LogP contribution is -2.34. The SMILES string of the molecule is CCNC(=O)COc1ccc(-c2ccc3c(c2)OCO3)cc1CN1CCCC(C)C1. The zero-order chi connectivity index (χ0) is 20.9. The monoisotopic (exact) mass is 410 g/mol. The van der Waals surface area contributed by atoms with Crippen LogP contribution in [0.15, 0.2) is 36.4 Å². The Hall–Kier alpha value is -2.73. The molecule has 0 radical (unpaired) electrons. The predicted molar refractivity (Wildman–Crippen MR) is 116 cm³/mol. The number of carbonyl (C=O) groups excluding carboxylic acids is 1. The van der Waals surface area contributed by atoms with Crippen molar-refractivity contribution in [1.82, 2.24) is 10.2 Å². The van der Waals surface area contributed by atoms with Gasteiger partial charge in [0.25, 0.3) is 5.91 Å². The van der Waals surface area contributed by atoms with E-state index in [1.54, 1.807) is 0 Å². The van der Waals surface area contributed by atoms with Crippen LogP contribution in [0.25, 0.3) is 11.1 Å². The molecule has 0 saturated carbocycles. The van der Waals surface area contributed by atoms with Crippen LogP contribution < -0.4 is 19.5 Å². The summed E-state index contributed by atoms with van der Waals surface area (Å²) in [6, 6.07) is 12.2. The lowest BCUT2D eigenvalue weighted by molar-refractivity contribution is -0.123. The number of fused-ring (bicyclic) bond motifs is 1. The molecular weight excluding hydrogens is 380 g/mol. The van der Waals surface area contributed by atoms with Gasteiger partial charge in [0, 0.05) is 25.2 Å². The molecule has 1 amide bonds. The van der Waals surface area contributed by atoms with Gasteiger partial charge in [-0.3, -0.25) is 9.69 Å². The highest BCUT2D eigenvalue weighted by Crippen LogP contribution is 2.37. The highest BCUT2D eigenvalue weighted by molar-refractivity contribution is 5.77. The molecule has 0 aliphatic carbocycles. The molecule has 2 aromatic rings. The Morgan fingerprint density at radius 1 is 1.17 bits per heavy atom. The van der Waals surface area contributed by atoms with Gasteiger partial charge in [0.05, 0.1) is 0 Å². The molecule has 0 aromatic heterocycles. The fourth-order valence-electron chi connectivity index (χ4n) is 4.16. The molecule has 1 atom stereocenters. The van der Waals surface area contributed by atoms with E-state index in [2.05, 4.69) is 23.2 Å². The molecule has 6 heteroatoms. The van der Waals surface area contributed by atoms with E-state index in [1.165, 1.54) is 12.8 Å². The van der Waals surface area contributed by atoms with Gasteiger partial charge < -0.3 is 19.5 Å². The molecule has 30 heavy (non-hydrogen) atoms. The van der Waals surface area contributed by atoms with Crippen LogP contribution in [0.3, 0.4) is 0 Å². The van der Waals surface area contributed by atoms with Crippen LogP contribution in [-0.4, -0.2) is 43.8 Å². The zero-order valence-corrected chi connectivity index (χ0v) is 17.8. The second-order valence-corrected chi connectivity index (χ2v) is 8.12. The molecule has 0 bridgehead atoms. The summed E-state index contributed by atoms with van der Waals surface area (Å²) in [5, 5.41) is 2.78. The molecule has 1 unspecified atom stereocenters. The largest absolute Gasteiger partial charge is 0.483 e. The quantitative estimate of drug-likeness (QED) is 0.752. The number of hydrogen-bond acceptors (Lipinski definition) is 5. The minimum absolute atomic E-state index is 0.0284. The average molecular weight is 411 g/mol. The molecule has 160 valence electrons. The summed E-state index contributed by atoms with van der Waals surface area (Å²) < 4.78 is 16.9. The number of likely N-dealkylation sites (N-methyl/N-ethyl adjacent to an activating group) is 1. The first kappa shape index (κ1) is 20.5. The van der Waals surface area contributed by atoms with Gasteiger partial charge in [0.2, 0.25) is 6.79 Å². The van der Waals surface area contributed by atoms with Gasteiger partial charge >= 0.3 is 0 Å². The maximum atomic E-state index is 11.9. The lowest BCUT2D eigenvalue weighted by Gasteiger charge is -2.31. The molecule has 2 heterocycles. The van der Waals surface area contributed by atoms with Crippen molar-refractivity contribution in [3.05, 3.63) is 42.0 Å². The van der Waals surface area contributed by atoms with Gasteiger partial charge in [-0.1, -0.05) is 19.1 Å². The van der Waals surface area contributed by atoms with E-state index in [0.717, 1.165) is 53.6 Å². The molecule has 1 N–H and O–H groups in total. The normalized spacial score (nSPS) is 18.3. The Morgan fingerprint density at radius 3 is 2.80 bits per heavy atom. The molecule has 1 saturated heterocycles.